The molecule has 0 saturated heterocycles. The number of rotatable bonds is 7. The molecule has 0 saturated carbocycles. The van der Waals surface area contributed by atoms with Gasteiger partial charge in [0.25, 0.3) is 0 Å². The van der Waals surface area contributed by atoms with Crippen LogP contribution in [0, 0.1) is 6.92 Å². The van der Waals surface area contributed by atoms with E-state index in [0.717, 1.165) is 39.9 Å². The van der Waals surface area contributed by atoms with E-state index in [4.69, 9.17) is 9.47 Å². The Bertz CT molecular complexity index is 720. The van der Waals surface area contributed by atoms with Gasteiger partial charge >= 0.3 is 0 Å². The van der Waals surface area contributed by atoms with E-state index >= 15 is 0 Å². The highest BCUT2D eigenvalue weighted by Gasteiger charge is 2.19. The molecule has 0 unspecified atom stereocenters. The summed E-state index contributed by atoms with van der Waals surface area (Å²) in [5.74, 6) is 1.67. The fourth-order valence-corrected chi connectivity index (χ4v) is 4.14. The van der Waals surface area contributed by atoms with Gasteiger partial charge in [0.15, 0.2) is 0 Å². The van der Waals surface area contributed by atoms with Gasteiger partial charge in [-0.2, -0.15) is 0 Å². The molecular weight excluding hydrogens is 314 g/mol. The molecule has 0 spiro atoms. The van der Waals surface area contributed by atoms with Crippen molar-refractivity contribution in [3.05, 3.63) is 59.9 Å². The van der Waals surface area contributed by atoms with E-state index in [1.165, 1.54) is 0 Å². The summed E-state index contributed by atoms with van der Waals surface area (Å²) in [6.45, 7) is 13.8. The molecule has 2 aromatic rings. The van der Waals surface area contributed by atoms with Crippen LogP contribution in [0.1, 0.15) is 16.8 Å². The highest BCUT2D eigenvalue weighted by atomic mass is 28.3. The average molecular weight is 342 g/mol. The maximum Gasteiger partial charge on any atom is 0.148 e. The zero-order chi connectivity index (χ0) is 17.7. The van der Waals surface area contributed by atoms with Gasteiger partial charge in [-0.3, -0.25) is 4.98 Å². The quantitative estimate of drug-likeness (QED) is 0.638. The van der Waals surface area contributed by atoms with Gasteiger partial charge in [-0.15, -0.1) is 0 Å². The molecule has 0 atom stereocenters. The summed E-state index contributed by atoms with van der Waals surface area (Å²) in [6.07, 6.45) is 1.83. The fourth-order valence-electron chi connectivity index (χ4n) is 2.67. The van der Waals surface area contributed by atoms with Crippen LogP contribution in [0.5, 0.6) is 11.5 Å². The smallest absolute Gasteiger partial charge is 0.148 e. The first-order valence-corrected chi connectivity index (χ1v) is 11.9. The van der Waals surface area contributed by atoms with Crippen LogP contribution in [0.15, 0.2) is 43.1 Å². The van der Waals surface area contributed by atoms with Crippen LogP contribution >= 0.6 is 0 Å². The van der Waals surface area contributed by atoms with Crippen molar-refractivity contribution in [2.45, 2.75) is 39.2 Å². The first-order chi connectivity index (χ1) is 11.3. The van der Waals surface area contributed by atoms with Gasteiger partial charge in [-0.05, 0) is 42.3 Å². The van der Waals surface area contributed by atoms with Crippen LogP contribution in [-0.2, 0) is 6.61 Å². The van der Waals surface area contributed by atoms with Crippen LogP contribution < -0.4 is 9.47 Å². The Hall–Kier alpha value is -2.07. The standard InChI is InChI=1S/C20H27NO2Si/c1-15(14-24(4,5)6)19-10-11-21-16(2)20(19)23-13-17-8-7-9-18(12-17)22-3/h7-12H,1,13-14H2,2-6H3. The van der Waals surface area contributed by atoms with E-state index in [1.807, 2.05) is 43.5 Å². The molecule has 0 fully saturated rings. The molecule has 0 aliphatic heterocycles. The molecule has 1 aromatic heterocycles. The Kier molecular flexibility index (Phi) is 5.83. The molecule has 0 amide bonds. The topological polar surface area (TPSA) is 31.4 Å². The van der Waals surface area contributed by atoms with Crippen molar-refractivity contribution in [3.63, 3.8) is 0 Å². The van der Waals surface area contributed by atoms with Crippen LogP contribution in [0.4, 0.5) is 0 Å². The number of hydrogen-bond donors (Lipinski definition) is 0. The lowest BCUT2D eigenvalue weighted by Gasteiger charge is -2.20. The number of methoxy groups -OCH3 is 1. The van der Waals surface area contributed by atoms with Crippen LogP contribution in [0.3, 0.4) is 0 Å². The lowest BCUT2D eigenvalue weighted by molar-refractivity contribution is 0.300. The van der Waals surface area contributed by atoms with Gasteiger partial charge in [0.2, 0.25) is 0 Å². The van der Waals surface area contributed by atoms with Crippen molar-refractivity contribution in [1.29, 1.82) is 0 Å². The molecule has 3 nitrogen and oxygen atoms in total. The zero-order valence-corrected chi connectivity index (χ0v) is 16.3. The third-order valence-electron chi connectivity index (χ3n) is 3.72. The van der Waals surface area contributed by atoms with E-state index in [-0.39, 0.29) is 0 Å². The monoisotopic (exact) mass is 341 g/mol. The van der Waals surface area contributed by atoms with Crippen molar-refractivity contribution in [1.82, 2.24) is 4.98 Å². The Morgan fingerprint density at radius 3 is 2.62 bits per heavy atom. The van der Waals surface area contributed by atoms with E-state index < -0.39 is 8.07 Å². The molecule has 0 radical (unpaired) electrons. The molecule has 4 heteroatoms. The van der Waals surface area contributed by atoms with Gasteiger partial charge in [0.05, 0.1) is 12.8 Å². The summed E-state index contributed by atoms with van der Waals surface area (Å²) in [5.41, 5.74) is 4.18. The summed E-state index contributed by atoms with van der Waals surface area (Å²) < 4.78 is 11.4. The molecule has 2 rings (SSSR count). The third-order valence-corrected chi connectivity index (χ3v) is 5.21. The predicted octanol–water partition coefficient (Wildman–Crippen LogP) is 5.33. The van der Waals surface area contributed by atoms with E-state index in [1.54, 1.807) is 7.11 Å². The minimum Gasteiger partial charge on any atom is -0.497 e. The second-order valence-corrected chi connectivity index (χ2v) is 12.7. The fraction of sp³-hybridized carbons (Fsp3) is 0.350. The number of ether oxygens (including phenoxy) is 2. The first kappa shape index (κ1) is 18.3. The molecule has 0 N–H and O–H groups in total. The SMILES string of the molecule is C=C(C[Si](C)(C)C)c1ccnc(C)c1OCc1cccc(OC)c1. The predicted molar refractivity (Wildman–Crippen MR) is 103 cm³/mol. The second kappa shape index (κ2) is 7.66. The molecule has 128 valence electrons. The summed E-state index contributed by atoms with van der Waals surface area (Å²) in [4.78, 5) is 4.39. The van der Waals surface area contributed by atoms with Gasteiger partial charge in [0.1, 0.15) is 18.1 Å². The first-order valence-electron chi connectivity index (χ1n) is 8.19. The zero-order valence-electron chi connectivity index (χ0n) is 15.3. The minimum atomic E-state index is -1.23. The summed E-state index contributed by atoms with van der Waals surface area (Å²) >= 11 is 0. The van der Waals surface area contributed by atoms with Gasteiger partial charge in [-0.1, -0.05) is 38.4 Å². The second-order valence-electron chi connectivity index (χ2n) is 7.25. The van der Waals surface area contributed by atoms with Crippen molar-refractivity contribution in [2.75, 3.05) is 7.11 Å². The minimum absolute atomic E-state index is 0.483. The molecular formula is C20H27NO2Si. The van der Waals surface area contributed by atoms with Crippen LogP contribution in [0.25, 0.3) is 5.57 Å². The maximum atomic E-state index is 6.13. The van der Waals surface area contributed by atoms with Crippen LogP contribution in [-0.4, -0.2) is 20.2 Å². The lowest BCUT2D eigenvalue weighted by Crippen LogP contribution is -2.19. The Morgan fingerprint density at radius 2 is 1.96 bits per heavy atom. The van der Waals surface area contributed by atoms with Crippen LogP contribution in [0.2, 0.25) is 25.7 Å². The maximum absolute atomic E-state index is 6.13. The van der Waals surface area contributed by atoms with E-state index in [9.17, 15) is 0 Å². The van der Waals surface area contributed by atoms with Gasteiger partial charge in [0, 0.05) is 19.8 Å². The molecule has 24 heavy (non-hydrogen) atoms. The molecule has 1 aromatic carbocycles. The van der Waals surface area contributed by atoms with E-state index in [0.29, 0.717) is 6.61 Å². The normalized spacial score (nSPS) is 11.2. The van der Waals surface area contributed by atoms with Crippen molar-refractivity contribution >= 4 is 13.6 Å². The molecule has 0 bridgehead atoms. The number of aryl methyl sites for hydroxylation is 1. The Balaban J connectivity index is 2.21. The molecule has 0 aliphatic carbocycles. The number of pyridine rings is 1. The average Bonchev–Trinajstić information content (AvgIpc) is 2.52. The number of aromatic nitrogens is 1. The van der Waals surface area contributed by atoms with Crippen molar-refractivity contribution in [3.8, 4) is 11.5 Å². The largest absolute Gasteiger partial charge is 0.497 e. The van der Waals surface area contributed by atoms with Crippen molar-refractivity contribution in [2.24, 2.45) is 0 Å². The number of allylic oxidation sites excluding steroid dienone is 1. The summed E-state index contributed by atoms with van der Waals surface area (Å²) in [7, 11) is 0.436. The highest BCUT2D eigenvalue weighted by Crippen LogP contribution is 2.33. The van der Waals surface area contributed by atoms with Gasteiger partial charge in [-0.25, -0.2) is 0 Å². The summed E-state index contributed by atoms with van der Waals surface area (Å²) in [6, 6.07) is 11.0. The Labute approximate surface area is 146 Å². The number of hydrogen-bond acceptors (Lipinski definition) is 3. The van der Waals surface area contributed by atoms with Crippen molar-refractivity contribution < 1.29 is 9.47 Å². The number of benzene rings is 1. The molecule has 1 heterocycles. The highest BCUT2D eigenvalue weighted by molar-refractivity contribution is 6.77. The number of nitrogens with zero attached hydrogens (tertiary/aromatic N) is 1. The van der Waals surface area contributed by atoms with Gasteiger partial charge < -0.3 is 9.47 Å². The Morgan fingerprint density at radius 1 is 1.21 bits per heavy atom. The lowest BCUT2D eigenvalue weighted by atomic mass is 10.1. The molecule has 0 aliphatic rings. The summed E-state index contributed by atoms with van der Waals surface area (Å²) in [5, 5.41) is 0. The van der Waals surface area contributed by atoms with E-state index in [2.05, 4.69) is 31.2 Å². The third kappa shape index (κ3) is 4.96.